The van der Waals surface area contributed by atoms with Gasteiger partial charge in [0, 0.05) is 18.0 Å². The van der Waals surface area contributed by atoms with Crippen LogP contribution in [0.5, 0.6) is 5.75 Å². The first-order valence-corrected chi connectivity index (χ1v) is 8.92. The summed E-state index contributed by atoms with van der Waals surface area (Å²) in [5, 5.41) is 6.43. The number of rotatable bonds is 0. The molecule has 0 unspecified atom stereocenters. The Balaban J connectivity index is 1.83. The molecule has 0 amide bonds. The van der Waals surface area contributed by atoms with E-state index in [-0.39, 0.29) is 17.9 Å². The molecule has 0 aliphatic carbocycles. The summed E-state index contributed by atoms with van der Waals surface area (Å²) in [7, 11) is 0. The average molecular weight is 370 g/mol. The lowest BCUT2D eigenvalue weighted by Gasteiger charge is -2.19. The molecule has 2 atom stereocenters. The molecule has 3 heterocycles. The van der Waals surface area contributed by atoms with Crippen LogP contribution in [0.1, 0.15) is 31.9 Å². The average Bonchev–Trinajstić information content (AvgIpc) is 2.65. The van der Waals surface area contributed by atoms with Crippen molar-refractivity contribution in [2.24, 2.45) is 0 Å². The fourth-order valence-electron chi connectivity index (χ4n) is 3.21. The number of nitrogens with one attached hydrogen (secondary N) is 2. The Morgan fingerprint density at radius 2 is 1.96 bits per heavy atom. The molecule has 4 rings (SSSR count). The molecule has 0 spiro atoms. The molecule has 5 nitrogen and oxygen atoms in total. The van der Waals surface area contributed by atoms with Gasteiger partial charge in [-0.3, -0.25) is 4.98 Å². The zero-order valence-corrected chi connectivity index (χ0v) is 15.1. The van der Waals surface area contributed by atoms with Gasteiger partial charge >= 0.3 is 0 Å². The monoisotopic (exact) mass is 370 g/mol. The highest BCUT2D eigenvalue weighted by molar-refractivity contribution is 5.88. The lowest BCUT2D eigenvalue weighted by atomic mass is 10.1. The molecule has 2 bridgehead atoms. The van der Waals surface area contributed by atoms with E-state index in [0.29, 0.717) is 46.9 Å². The van der Waals surface area contributed by atoms with Crippen molar-refractivity contribution in [3.63, 3.8) is 0 Å². The molecule has 1 aliphatic rings. The molecule has 2 N–H and O–H groups in total. The topological polar surface area (TPSA) is 59.1 Å². The van der Waals surface area contributed by atoms with Gasteiger partial charge in [-0.15, -0.1) is 0 Å². The second-order valence-corrected chi connectivity index (χ2v) is 6.78. The summed E-state index contributed by atoms with van der Waals surface area (Å²) in [4.78, 5) is 8.67. The van der Waals surface area contributed by atoms with Gasteiger partial charge in [-0.25, -0.2) is 13.8 Å². The van der Waals surface area contributed by atoms with E-state index in [1.165, 1.54) is 18.3 Å². The Bertz CT molecular complexity index is 995. The maximum atomic E-state index is 14.4. The summed E-state index contributed by atoms with van der Waals surface area (Å²) in [6.07, 6.45) is 1.84. The molecule has 3 aromatic rings. The highest BCUT2D eigenvalue weighted by Gasteiger charge is 2.18. The molecule has 7 heteroatoms. The molecule has 0 fully saturated rings. The van der Waals surface area contributed by atoms with Crippen molar-refractivity contribution in [3.8, 4) is 5.75 Å². The third kappa shape index (κ3) is 3.49. The van der Waals surface area contributed by atoms with Crippen LogP contribution in [-0.4, -0.2) is 22.6 Å². The SMILES string of the molecule is C[C@@H]1CCOc2ccc(F)cc2[C@@H](C)Nc2ccc3ncc(F)c(c3n2)N1. The zero-order chi connectivity index (χ0) is 19.0. The van der Waals surface area contributed by atoms with Crippen molar-refractivity contribution < 1.29 is 13.5 Å². The third-order valence-electron chi connectivity index (χ3n) is 4.67. The number of hydrogen-bond donors (Lipinski definition) is 2. The van der Waals surface area contributed by atoms with Gasteiger partial charge in [-0.2, -0.15) is 0 Å². The number of benzene rings is 1. The molecule has 0 saturated heterocycles. The summed E-state index contributed by atoms with van der Waals surface area (Å²) < 4.78 is 34.1. The zero-order valence-electron chi connectivity index (χ0n) is 15.1. The number of pyridine rings is 2. The Morgan fingerprint density at radius 1 is 1.11 bits per heavy atom. The van der Waals surface area contributed by atoms with E-state index in [1.807, 2.05) is 13.8 Å². The number of anilines is 2. The van der Waals surface area contributed by atoms with E-state index in [4.69, 9.17) is 4.74 Å². The van der Waals surface area contributed by atoms with Crippen molar-refractivity contribution >= 4 is 22.5 Å². The molecule has 27 heavy (non-hydrogen) atoms. The fourth-order valence-corrected chi connectivity index (χ4v) is 3.21. The Morgan fingerprint density at radius 3 is 2.81 bits per heavy atom. The van der Waals surface area contributed by atoms with Crippen LogP contribution in [0, 0.1) is 11.6 Å². The minimum atomic E-state index is -0.451. The van der Waals surface area contributed by atoms with Crippen molar-refractivity contribution in [3.05, 3.63) is 53.7 Å². The molecule has 0 saturated carbocycles. The van der Waals surface area contributed by atoms with E-state index >= 15 is 0 Å². The van der Waals surface area contributed by atoms with Gasteiger partial charge in [0.1, 0.15) is 28.6 Å². The van der Waals surface area contributed by atoms with Crippen molar-refractivity contribution in [2.75, 3.05) is 17.2 Å². The van der Waals surface area contributed by atoms with E-state index in [9.17, 15) is 8.78 Å². The second kappa shape index (κ2) is 6.98. The first-order chi connectivity index (χ1) is 13.0. The van der Waals surface area contributed by atoms with Gasteiger partial charge in [0.2, 0.25) is 0 Å². The minimum Gasteiger partial charge on any atom is -0.493 e. The molecule has 140 valence electrons. The molecular formula is C20H20F2N4O. The van der Waals surface area contributed by atoms with Gasteiger partial charge < -0.3 is 15.4 Å². The Kier molecular flexibility index (Phi) is 4.51. The van der Waals surface area contributed by atoms with Crippen LogP contribution in [0.3, 0.4) is 0 Å². The maximum absolute atomic E-state index is 14.4. The van der Waals surface area contributed by atoms with E-state index in [1.54, 1.807) is 18.2 Å². The summed E-state index contributed by atoms with van der Waals surface area (Å²) in [6.45, 7) is 4.27. The van der Waals surface area contributed by atoms with Crippen molar-refractivity contribution in [1.29, 1.82) is 0 Å². The highest BCUT2D eigenvalue weighted by Crippen LogP contribution is 2.31. The fraction of sp³-hybridized carbons (Fsp3) is 0.300. The van der Waals surface area contributed by atoms with Crippen molar-refractivity contribution in [2.45, 2.75) is 32.4 Å². The number of nitrogens with zero attached hydrogens (tertiary/aromatic N) is 2. The molecule has 0 radical (unpaired) electrons. The van der Waals surface area contributed by atoms with Crippen LogP contribution in [0.25, 0.3) is 11.0 Å². The van der Waals surface area contributed by atoms with Gasteiger partial charge in [0.25, 0.3) is 0 Å². The van der Waals surface area contributed by atoms with Gasteiger partial charge in [0.05, 0.1) is 24.4 Å². The molecule has 1 aliphatic heterocycles. The lowest BCUT2D eigenvalue weighted by Crippen LogP contribution is -2.20. The summed E-state index contributed by atoms with van der Waals surface area (Å²) in [6, 6.07) is 7.73. The van der Waals surface area contributed by atoms with Gasteiger partial charge in [-0.05, 0) is 44.2 Å². The maximum Gasteiger partial charge on any atom is 0.166 e. The predicted molar refractivity (Wildman–Crippen MR) is 101 cm³/mol. The molecule has 2 aromatic heterocycles. The quantitative estimate of drug-likeness (QED) is 0.603. The Hall–Kier alpha value is -2.96. The van der Waals surface area contributed by atoms with Crippen LogP contribution in [0.2, 0.25) is 0 Å². The van der Waals surface area contributed by atoms with Crippen LogP contribution >= 0.6 is 0 Å². The normalized spacial score (nSPS) is 19.7. The predicted octanol–water partition coefficient (Wildman–Crippen LogP) is 4.66. The van der Waals surface area contributed by atoms with Crippen LogP contribution in [0.15, 0.2) is 36.5 Å². The van der Waals surface area contributed by atoms with Crippen LogP contribution < -0.4 is 15.4 Å². The number of aromatic nitrogens is 2. The van der Waals surface area contributed by atoms with E-state index in [2.05, 4.69) is 20.6 Å². The molecular weight excluding hydrogens is 350 g/mol. The highest BCUT2D eigenvalue weighted by atomic mass is 19.1. The molecule has 1 aromatic carbocycles. The van der Waals surface area contributed by atoms with Gasteiger partial charge in [-0.1, -0.05) is 0 Å². The third-order valence-corrected chi connectivity index (χ3v) is 4.67. The minimum absolute atomic E-state index is 0.0504. The summed E-state index contributed by atoms with van der Waals surface area (Å²) >= 11 is 0. The van der Waals surface area contributed by atoms with E-state index < -0.39 is 5.82 Å². The van der Waals surface area contributed by atoms with Crippen LogP contribution in [-0.2, 0) is 0 Å². The Labute approximate surface area is 155 Å². The number of hydrogen-bond acceptors (Lipinski definition) is 5. The van der Waals surface area contributed by atoms with Crippen molar-refractivity contribution in [1.82, 2.24) is 9.97 Å². The summed E-state index contributed by atoms with van der Waals surface area (Å²) in [5.74, 6) is 0.389. The number of fused-ring (bicyclic) bond motifs is 2. The lowest BCUT2D eigenvalue weighted by molar-refractivity contribution is 0.300. The van der Waals surface area contributed by atoms with Crippen LogP contribution in [0.4, 0.5) is 20.3 Å². The number of ether oxygens (including phenoxy) is 1. The summed E-state index contributed by atoms with van der Waals surface area (Å²) in [5.41, 5.74) is 2.08. The standard InChI is InChI=1S/C20H20F2N4O/c1-11-7-8-27-17-5-3-13(21)9-14(17)12(2)25-18-6-4-16-20(26-18)19(24-11)15(22)10-23-16/h3-6,9-12,24H,7-8H2,1-2H3,(H,25,26)/t11-,12-/m1/s1. The van der Waals surface area contributed by atoms with Gasteiger partial charge in [0.15, 0.2) is 5.82 Å². The smallest absolute Gasteiger partial charge is 0.166 e. The largest absolute Gasteiger partial charge is 0.493 e. The first kappa shape index (κ1) is 17.5. The number of halogens is 2. The first-order valence-electron chi connectivity index (χ1n) is 8.92. The second-order valence-electron chi connectivity index (χ2n) is 6.78. The van der Waals surface area contributed by atoms with E-state index in [0.717, 1.165) is 0 Å².